The first kappa shape index (κ1) is 26.4. The number of benzene rings is 3. The van der Waals surface area contributed by atoms with Crippen LogP contribution in [-0.4, -0.2) is 65.7 Å². The van der Waals surface area contributed by atoms with Crippen LogP contribution in [0, 0.1) is 5.82 Å². The van der Waals surface area contributed by atoms with Crippen molar-refractivity contribution in [1.29, 1.82) is 0 Å². The molecule has 4 rings (SSSR count). The monoisotopic (exact) mass is 527 g/mol. The number of methoxy groups -OCH3 is 2. The quantitative estimate of drug-likeness (QED) is 0.460. The maximum atomic E-state index is 14.2. The highest BCUT2D eigenvalue weighted by Crippen LogP contribution is 2.29. The van der Waals surface area contributed by atoms with E-state index in [1.54, 1.807) is 23.1 Å². The number of hydrogen-bond donors (Lipinski definition) is 1. The van der Waals surface area contributed by atoms with Crippen molar-refractivity contribution >= 4 is 21.6 Å². The maximum absolute atomic E-state index is 14.2. The molecule has 10 heteroatoms. The summed E-state index contributed by atoms with van der Waals surface area (Å²) >= 11 is 0. The lowest BCUT2D eigenvalue weighted by molar-refractivity contribution is -0.133. The van der Waals surface area contributed by atoms with E-state index in [2.05, 4.69) is 4.72 Å². The van der Waals surface area contributed by atoms with Crippen molar-refractivity contribution in [3.63, 3.8) is 0 Å². The number of para-hydroxylation sites is 1. The molecular weight excluding hydrogens is 497 g/mol. The van der Waals surface area contributed by atoms with Gasteiger partial charge in [-0.05, 0) is 36.2 Å². The molecule has 1 heterocycles. The summed E-state index contributed by atoms with van der Waals surface area (Å²) in [7, 11) is -1.19. The molecule has 196 valence electrons. The number of ether oxygens (including phenoxy) is 2. The molecule has 0 aliphatic carbocycles. The first-order chi connectivity index (χ1) is 17.8. The summed E-state index contributed by atoms with van der Waals surface area (Å²) in [5.74, 6) is 0.0136. The second-order valence-electron chi connectivity index (χ2n) is 8.64. The predicted octanol–water partition coefficient (Wildman–Crippen LogP) is 3.08. The third-order valence-electron chi connectivity index (χ3n) is 6.33. The van der Waals surface area contributed by atoms with Crippen molar-refractivity contribution in [1.82, 2.24) is 9.62 Å². The van der Waals surface area contributed by atoms with E-state index in [-0.39, 0.29) is 28.8 Å². The van der Waals surface area contributed by atoms with Crippen LogP contribution in [-0.2, 0) is 21.2 Å². The molecule has 0 radical (unpaired) electrons. The van der Waals surface area contributed by atoms with Gasteiger partial charge in [0, 0.05) is 32.2 Å². The van der Waals surface area contributed by atoms with Crippen molar-refractivity contribution in [3.8, 4) is 11.5 Å². The summed E-state index contributed by atoms with van der Waals surface area (Å²) in [6.07, 6.45) is 0.180. The van der Waals surface area contributed by atoms with Crippen LogP contribution < -0.4 is 19.1 Å². The zero-order chi connectivity index (χ0) is 26.4. The lowest BCUT2D eigenvalue weighted by Crippen LogP contribution is -2.55. The molecular formula is C27H30FN3O5S. The van der Waals surface area contributed by atoms with E-state index in [4.69, 9.17) is 9.47 Å². The number of piperazine rings is 1. The maximum Gasteiger partial charge on any atom is 0.241 e. The van der Waals surface area contributed by atoms with Gasteiger partial charge in [0.1, 0.15) is 11.9 Å². The smallest absolute Gasteiger partial charge is 0.241 e. The number of carbonyl (C=O) groups is 1. The van der Waals surface area contributed by atoms with Crippen LogP contribution in [0.4, 0.5) is 10.1 Å². The van der Waals surface area contributed by atoms with E-state index in [1.807, 2.05) is 35.2 Å². The zero-order valence-corrected chi connectivity index (χ0v) is 21.6. The molecule has 1 fully saturated rings. The Bertz CT molecular complexity index is 1330. The molecule has 1 aliphatic heterocycles. The van der Waals surface area contributed by atoms with Gasteiger partial charge in [-0.25, -0.2) is 12.8 Å². The Balaban J connectivity index is 1.54. The molecule has 3 aromatic carbocycles. The summed E-state index contributed by atoms with van der Waals surface area (Å²) in [6.45, 7) is 1.56. The molecule has 1 aliphatic rings. The van der Waals surface area contributed by atoms with Gasteiger partial charge >= 0.3 is 0 Å². The van der Waals surface area contributed by atoms with E-state index in [9.17, 15) is 17.6 Å². The SMILES string of the molecule is COc1ccc(S(=O)(=O)N[C@H](Cc2ccccc2)C(=O)N2CCN(c3ccccc3F)CC2)cc1OC. The molecule has 3 aromatic rings. The fourth-order valence-corrected chi connectivity index (χ4v) is 5.57. The number of halogens is 1. The second-order valence-corrected chi connectivity index (χ2v) is 10.4. The summed E-state index contributed by atoms with van der Waals surface area (Å²) in [5.41, 5.74) is 1.31. The lowest BCUT2D eigenvalue weighted by Gasteiger charge is -2.37. The molecule has 1 atom stereocenters. The second kappa shape index (κ2) is 11.6. The molecule has 0 unspecified atom stereocenters. The van der Waals surface area contributed by atoms with Crippen molar-refractivity contribution in [3.05, 3.63) is 84.2 Å². The minimum atomic E-state index is -4.07. The number of nitrogens with zero attached hydrogens (tertiary/aromatic N) is 2. The van der Waals surface area contributed by atoms with Crippen LogP contribution in [0.15, 0.2) is 77.7 Å². The fraction of sp³-hybridized carbons (Fsp3) is 0.296. The summed E-state index contributed by atoms with van der Waals surface area (Å²) < 4.78 is 54.0. The van der Waals surface area contributed by atoms with Gasteiger partial charge in [0.25, 0.3) is 0 Å². The topological polar surface area (TPSA) is 88.2 Å². The van der Waals surface area contributed by atoms with Crippen LogP contribution in [0.25, 0.3) is 0 Å². The summed E-state index contributed by atoms with van der Waals surface area (Å²) in [4.78, 5) is 17.1. The normalized spacial score (nSPS) is 14.8. The highest BCUT2D eigenvalue weighted by atomic mass is 32.2. The molecule has 0 aromatic heterocycles. The van der Waals surface area contributed by atoms with Crippen molar-refractivity contribution in [2.45, 2.75) is 17.4 Å². The molecule has 0 saturated carbocycles. The predicted molar refractivity (Wildman–Crippen MR) is 139 cm³/mol. The van der Waals surface area contributed by atoms with Crippen molar-refractivity contribution in [2.24, 2.45) is 0 Å². The van der Waals surface area contributed by atoms with E-state index in [0.717, 1.165) is 5.56 Å². The van der Waals surface area contributed by atoms with Crippen LogP contribution in [0.5, 0.6) is 11.5 Å². The van der Waals surface area contributed by atoms with Gasteiger partial charge in [-0.3, -0.25) is 4.79 Å². The van der Waals surface area contributed by atoms with Crippen molar-refractivity contribution in [2.75, 3.05) is 45.3 Å². The third kappa shape index (κ3) is 6.20. The molecule has 0 spiro atoms. The van der Waals surface area contributed by atoms with Crippen LogP contribution in [0.2, 0.25) is 0 Å². The van der Waals surface area contributed by atoms with Gasteiger partial charge < -0.3 is 19.3 Å². The minimum Gasteiger partial charge on any atom is -0.493 e. The highest BCUT2D eigenvalue weighted by Gasteiger charge is 2.32. The fourth-order valence-electron chi connectivity index (χ4n) is 4.36. The molecule has 8 nitrogen and oxygen atoms in total. The number of anilines is 1. The Labute approximate surface area is 216 Å². The van der Waals surface area contributed by atoms with Gasteiger partial charge in [0.2, 0.25) is 15.9 Å². The largest absolute Gasteiger partial charge is 0.493 e. The Morgan fingerprint density at radius 1 is 0.919 bits per heavy atom. The Morgan fingerprint density at radius 3 is 2.22 bits per heavy atom. The van der Waals surface area contributed by atoms with Gasteiger partial charge in [-0.2, -0.15) is 4.72 Å². The number of carbonyl (C=O) groups excluding carboxylic acids is 1. The van der Waals surface area contributed by atoms with Gasteiger partial charge in [-0.15, -0.1) is 0 Å². The minimum absolute atomic E-state index is 0.0413. The highest BCUT2D eigenvalue weighted by molar-refractivity contribution is 7.89. The number of amides is 1. The Hall–Kier alpha value is -3.63. The molecule has 1 saturated heterocycles. The lowest BCUT2D eigenvalue weighted by atomic mass is 10.1. The van der Waals surface area contributed by atoms with E-state index >= 15 is 0 Å². The molecule has 1 amide bonds. The first-order valence-electron chi connectivity index (χ1n) is 11.9. The zero-order valence-electron chi connectivity index (χ0n) is 20.8. The average Bonchev–Trinajstić information content (AvgIpc) is 2.92. The number of nitrogens with one attached hydrogen (secondary N) is 1. The Kier molecular flexibility index (Phi) is 8.30. The van der Waals surface area contributed by atoms with Crippen LogP contribution >= 0.6 is 0 Å². The summed E-state index contributed by atoms with van der Waals surface area (Å²) in [5, 5.41) is 0. The first-order valence-corrected chi connectivity index (χ1v) is 13.4. The van der Waals surface area contributed by atoms with Crippen molar-refractivity contribution < 1.29 is 27.1 Å². The van der Waals surface area contributed by atoms with E-state index in [0.29, 0.717) is 37.6 Å². The summed E-state index contributed by atoms with van der Waals surface area (Å²) in [6, 6.07) is 19.0. The van der Waals surface area contributed by atoms with Gasteiger partial charge in [0.15, 0.2) is 11.5 Å². The number of sulfonamides is 1. The van der Waals surface area contributed by atoms with E-state index < -0.39 is 16.1 Å². The van der Waals surface area contributed by atoms with Crippen LogP contribution in [0.1, 0.15) is 5.56 Å². The molecule has 0 bridgehead atoms. The standard InChI is InChI=1S/C27H30FN3O5S/c1-35-25-13-12-21(19-26(25)36-2)37(33,34)29-23(18-20-8-4-3-5-9-20)27(32)31-16-14-30(15-17-31)24-11-7-6-10-22(24)28/h3-13,19,23,29H,14-18H2,1-2H3/t23-/m1/s1. The number of hydrogen-bond acceptors (Lipinski definition) is 6. The van der Waals surface area contributed by atoms with Gasteiger partial charge in [0.05, 0.1) is 24.8 Å². The van der Waals surface area contributed by atoms with Gasteiger partial charge in [-0.1, -0.05) is 42.5 Å². The average molecular weight is 528 g/mol. The Morgan fingerprint density at radius 2 is 1.57 bits per heavy atom. The molecule has 37 heavy (non-hydrogen) atoms. The third-order valence-corrected chi connectivity index (χ3v) is 7.80. The number of rotatable bonds is 9. The molecule has 1 N–H and O–H groups in total. The van der Waals surface area contributed by atoms with E-state index in [1.165, 1.54) is 38.5 Å². The van der Waals surface area contributed by atoms with Crippen LogP contribution in [0.3, 0.4) is 0 Å².